The highest BCUT2D eigenvalue weighted by molar-refractivity contribution is 5.95. The minimum absolute atomic E-state index is 0.000952. The lowest BCUT2D eigenvalue weighted by molar-refractivity contribution is -0.166. The van der Waals surface area contributed by atoms with Crippen LogP contribution in [0.2, 0.25) is 0 Å². The summed E-state index contributed by atoms with van der Waals surface area (Å²) in [6, 6.07) is 3.80. The zero-order valence-corrected chi connectivity index (χ0v) is 15.1. The molecule has 158 valence electrons. The molecule has 3 aromatic rings. The van der Waals surface area contributed by atoms with E-state index in [1.807, 2.05) is 0 Å². The molecule has 0 spiro atoms. The average Bonchev–Trinajstić information content (AvgIpc) is 3.06. The molecule has 1 fully saturated rings. The third-order valence-electron chi connectivity index (χ3n) is 4.89. The highest BCUT2D eigenvalue weighted by Gasteiger charge is 2.46. The number of hydrogen-bond donors (Lipinski definition) is 1. The number of likely N-dealkylation sites (tertiary alicyclic amines) is 1. The quantitative estimate of drug-likeness (QED) is 0.647. The van der Waals surface area contributed by atoms with Crippen LogP contribution in [0.25, 0.3) is 22.0 Å². The van der Waals surface area contributed by atoms with Crippen molar-refractivity contribution >= 4 is 16.8 Å². The van der Waals surface area contributed by atoms with Crippen molar-refractivity contribution in [2.24, 2.45) is 0 Å². The molecule has 4 rings (SSSR count). The monoisotopic (exact) mass is 429 g/mol. The number of carbonyl (C=O) groups excluding carboxylic acids is 1. The third kappa shape index (κ3) is 3.44. The molecule has 0 bridgehead atoms. The molecule has 1 aliphatic rings. The van der Waals surface area contributed by atoms with Crippen LogP contribution in [0.3, 0.4) is 0 Å². The van der Waals surface area contributed by atoms with Crippen LogP contribution in [-0.4, -0.2) is 39.4 Å². The molecule has 0 unspecified atom stereocenters. The summed E-state index contributed by atoms with van der Waals surface area (Å²) in [4.78, 5) is 28.6. The number of aromatic nitrogens is 2. The van der Waals surface area contributed by atoms with Gasteiger partial charge in [0.2, 0.25) is 5.91 Å². The van der Waals surface area contributed by atoms with Crippen molar-refractivity contribution in [3.8, 4) is 11.1 Å². The van der Waals surface area contributed by atoms with E-state index < -0.39 is 54.6 Å². The second-order valence-corrected chi connectivity index (χ2v) is 7.04. The van der Waals surface area contributed by atoms with Crippen LogP contribution in [0.4, 0.5) is 26.3 Å². The van der Waals surface area contributed by atoms with Crippen molar-refractivity contribution in [3.63, 3.8) is 0 Å². The standard InChI is InChI=1S/C19H13F6N3O2/c20-13-2-1-10(5-12(13)19(23,24)25)11-6-26-14-3-4-27(17(30)16(11)14)7-15(29)28-8-18(21,22)9-28/h1-6,26H,7-9H2. The van der Waals surface area contributed by atoms with Crippen LogP contribution < -0.4 is 5.56 Å². The molecular weight excluding hydrogens is 416 g/mol. The van der Waals surface area contributed by atoms with E-state index in [0.29, 0.717) is 17.6 Å². The van der Waals surface area contributed by atoms with Crippen LogP contribution in [0.5, 0.6) is 0 Å². The van der Waals surface area contributed by atoms with Gasteiger partial charge in [-0.25, -0.2) is 13.2 Å². The number of pyridine rings is 1. The number of hydrogen-bond acceptors (Lipinski definition) is 2. The summed E-state index contributed by atoms with van der Waals surface area (Å²) < 4.78 is 79.6. The molecule has 1 aromatic carbocycles. The molecule has 1 aliphatic heterocycles. The van der Waals surface area contributed by atoms with Crippen molar-refractivity contribution in [1.82, 2.24) is 14.5 Å². The lowest BCUT2D eigenvalue weighted by Crippen LogP contribution is -2.59. The van der Waals surface area contributed by atoms with Gasteiger partial charge in [-0.1, -0.05) is 6.07 Å². The Kier molecular flexibility index (Phi) is 4.44. The maximum absolute atomic E-state index is 13.6. The Morgan fingerprint density at radius 1 is 1.17 bits per heavy atom. The number of H-pyrrole nitrogens is 1. The van der Waals surface area contributed by atoms with Crippen LogP contribution in [0.15, 0.2) is 41.5 Å². The number of halogens is 6. The summed E-state index contributed by atoms with van der Waals surface area (Å²) in [5, 5.41) is -0.000952. The fourth-order valence-corrected chi connectivity index (χ4v) is 3.37. The SMILES string of the molecule is O=C(Cn1ccc2[nH]cc(-c3ccc(F)c(C(F)(F)F)c3)c2c1=O)N1CC(F)(F)C1. The Morgan fingerprint density at radius 3 is 2.50 bits per heavy atom. The number of nitrogens with zero attached hydrogens (tertiary/aromatic N) is 2. The van der Waals surface area contributed by atoms with E-state index in [2.05, 4.69) is 4.98 Å². The number of amides is 1. The van der Waals surface area contributed by atoms with Gasteiger partial charge in [-0.3, -0.25) is 9.59 Å². The van der Waals surface area contributed by atoms with Gasteiger partial charge in [-0.05, 0) is 23.8 Å². The molecular formula is C19H13F6N3O2. The first-order chi connectivity index (χ1) is 14.0. The molecule has 0 radical (unpaired) electrons. The molecule has 1 amide bonds. The van der Waals surface area contributed by atoms with Gasteiger partial charge in [0.1, 0.15) is 12.4 Å². The number of rotatable bonds is 3. The minimum Gasteiger partial charge on any atom is -0.360 e. The van der Waals surface area contributed by atoms with Gasteiger partial charge < -0.3 is 14.5 Å². The van der Waals surface area contributed by atoms with Gasteiger partial charge in [-0.15, -0.1) is 0 Å². The molecule has 0 atom stereocenters. The lowest BCUT2D eigenvalue weighted by atomic mass is 10.0. The Balaban J connectivity index is 1.73. The molecule has 11 heteroatoms. The summed E-state index contributed by atoms with van der Waals surface area (Å²) in [7, 11) is 0. The number of aromatic amines is 1. The summed E-state index contributed by atoms with van der Waals surface area (Å²) >= 11 is 0. The molecule has 0 aliphatic carbocycles. The Morgan fingerprint density at radius 2 is 1.87 bits per heavy atom. The van der Waals surface area contributed by atoms with Gasteiger partial charge in [0.25, 0.3) is 11.5 Å². The van der Waals surface area contributed by atoms with E-state index in [0.717, 1.165) is 15.5 Å². The van der Waals surface area contributed by atoms with Gasteiger partial charge in [0.05, 0.1) is 29.6 Å². The van der Waals surface area contributed by atoms with Crippen LogP contribution in [-0.2, 0) is 17.5 Å². The Labute approximate surface area is 164 Å². The maximum atomic E-state index is 13.6. The summed E-state index contributed by atoms with van der Waals surface area (Å²) in [5.41, 5.74) is -1.81. The highest BCUT2D eigenvalue weighted by atomic mass is 19.4. The summed E-state index contributed by atoms with van der Waals surface area (Å²) in [6.45, 7) is -1.95. The molecule has 2 aromatic heterocycles. The maximum Gasteiger partial charge on any atom is 0.419 e. The second-order valence-electron chi connectivity index (χ2n) is 7.04. The van der Waals surface area contributed by atoms with E-state index in [9.17, 15) is 35.9 Å². The molecule has 0 saturated carbocycles. The Hall–Kier alpha value is -3.24. The van der Waals surface area contributed by atoms with Gasteiger partial charge in [-0.2, -0.15) is 13.2 Å². The van der Waals surface area contributed by atoms with Crippen molar-refractivity contribution in [3.05, 3.63) is 58.4 Å². The fraction of sp³-hybridized carbons (Fsp3) is 0.263. The minimum atomic E-state index is -4.92. The van der Waals surface area contributed by atoms with Gasteiger partial charge >= 0.3 is 6.18 Å². The van der Waals surface area contributed by atoms with E-state index in [1.54, 1.807) is 0 Å². The largest absolute Gasteiger partial charge is 0.419 e. The normalized spacial score (nSPS) is 16.0. The lowest BCUT2D eigenvalue weighted by Gasteiger charge is -2.38. The highest BCUT2D eigenvalue weighted by Crippen LogP contribution is 2.35. The van der Waals surface area contributed by atoms with Crippen molar-refractivity contribution in [2.45, 2.75) is 18.6 Å². The zero-order chi connectivity index (χ0) is 21.8. The van der Waals surface area contributed by atoms with Gasteiger partial charge in [0.15, 0.2) is 0 Å². The first-order valence-corrected chi connectivity index (χ1v) is 8.69. The van der Waals surface area contributed by atoms with Crippen molar-refractivity contribution in [2.75, 3.05) is 13.1 Å². The van der Waals surface area contributed by atoms with Crippen LogP contribution >= 0.6 is 0 Å². The number of fused-ring (bicyclic) bond motifs is 1. The first kappa shape index (κ1) is 20.0. The van der Waals surface area contributed by atoms with E-state index in [1.165, 1.54) is 18.5 Å². The average molecular weight is 429 g/mol. The van der Waals surface area contributed by atoms with Crippen molar-refractivity contribution in [1.29, 1.82) is 0 Å². The topological polar surface area (TPSA) is 58.1 Å². The number of alkyl halides is 5. The number of nitrogens with one attached hydrogen (secondary N) is 1. The zero-order valence-electron chi connectivity index (χ0n) is 15.1. The number of benzene rings is 1. The first-order valence-electron chi connectivity index (χ1n) is 8.69. The molecule has 5 nitrogen and oxygen atoms in total. The predicted molar refractivity (Wildman–Crippen MR) is 94.5 cm³/mol. The molecule has 3 heterocycles. The van der Waals surface area contributed by atoms with Crippen LogP contribution in [0.1, 0.15) is 5.56 Å². The van der Waals surface area contributed by atoms with Gasteiger partial charge in [0, 0.05) is 18.0 Å². The fourth-order valence-electron chi connectivity index (χ4n) is 3.37. The Bertz CT molecular complexity index is 1200. The summed E-state index contributed by atoms with van der Waals surface area (Å²) in [5.74, 6) is -5.07. The smallest absolute Gasteiger partial charge is 0.360 e. The molecule has 1 N–H and O–H groups in total. The van der Waals surface area contributed by atoms with E-state index >= 15 is 0 Å². The predicted octanol–water partition coefficient (Wildman–Crippen LogP) is 3.63. The number of carbonyl (C=O) groups is 1. The van der Waals surface area contributed by atoms with E-state index in [4.69, 9.17) is 0 Å². The van der Waals surface area contributed by atoms with E-state index in [-0.39, 0.29) is 16.5 Å². The molecule has 1 saturated heterocycles. The second kappa shape index (κ2) is 6.64. The summed E-state index contributed by atoms with van der Waals surface area (Å²) in [6.07, 6.45) is -2.33. The van der Waals surface area contributed by atoms with Crippen LogP contribution in [0, 0.1) is 5.82 Å². The van der Waals surface area contributed by atoms with Crippen molar-refractivity contribution < 1.29 is 31.1 Å². The third-order valence-corrected chi connectivity index (χ3v) is 4.89. The molecule has 30 heavy (non-hydrogen) atoms.